The van der Waals surface area contributed by atoms with E-state index in [0.717, 1.165) is 23.1 Å². The van der Waals surface area contributed by atoms with Crippen LogP contribution in [0.15, 0.2) is 41.2 Å². The van der Waals surface area contributed by atoms with Crippen molar-refractivity contribution in [2.24, 2.45) is 0 Å². The first-order valence-electron chi connectivity index (χ1n) is 8.52. The highest BCUT2D eigenvalue weighted by atomic mass is 19.1. The highest BCUT2D eigenvalue weighted by Gasteiger charge is 2.25. The van der Waals surface area contributed by atoms with Crippen LogP contribution in [0.3, 0.4) is 0 Å². The third-order valence-electron chi connectivity index (χ3n) is 4.19. The van der Waals surface area contributed by atoms with E-state index in [1.807, 2.05) is 0 Å². The second-order valence-electron chi connectivity index (χ2n) is 5.87. The summed E-state index contributed by atoms with van der Waals surface area (Å²) < 4.78 is 33.7. The zero-order chi connectivity index (χ0) is 22.0. The van der Waals surface area contributed by atoms with Gasteiger partial charge in [-0.15, -0.1) is 4.68 Å². The van der Waals surface area contributed by atoms with E-state index in [0.29, 0.717) is 9.36 Å². The van der Waals surface area contributed by atoms with Crippen molar-refractivity contribution in [1.29, 1.82) is 0 Å². The molecular weight excluding hydrogens is 404 g/mol. The Hall–Kier alpha value is -4.09. The smallest absolute Gasteiger partial charge is 0.377 e. The van der Waals surface area contributed by atoms with Gasteiger partial charge in [-0.3, -0.25) is 4.90 Å². The Morgan fingerprint density at radius 1 is 1.17 bits per heavy atom. The van der Waals surface area contributed by atoms with Gasteiger partial charge in [-0.25, -0.2) is 23.2 Å². The number of aromatic nitrogens is 4. The van der Waals surface area contributed by atoms with Gasteiger partial charge in [0.1, 0.15) is 17.0 Å². The summed E-state index contributed by atoms with van der Waals surface area (Å²) in [5.41, 5.74) is -1.86. The molecule has 0 aliphatic carbocycles. The van der Waals surface area contributed by atoms with Crippen molar-refractivity contribution in [2.45, 2.75) is 6.92 Å². The van der Waals surface area contributed by atoms with Crippen molar-refractivity contribution in [3.05, 3.63) is 64.1 Å². The molecule has 0 radical (unpaired) electrons. The Balaban J connectivity index is 2.03. The molecule has 3 rings (SSSR count). The monoisotopic (exact) mass is 419 g/mol. The average Bonchev–Trinajstić information content (AvgIpc) is 3.09. The maximum atomic E-state index is 14.0. The maximum absolute atomic E-state index is 14.0. The maximum Gasteiger partial charge on any atom is 0.377 e. The Bertz CT molecular complexity index is 1170. The molecule has 0 unspecified atom stereocenters. The number of aromatic carboxylic acids is 1. The van der Waals surface area contributed by atoms with Crippen LogP contribution in [0, 0.1) is 11.6 Å². The summed E-state index contributed by atoms with van der Waals surface area (Å²) in [4.78, 5) is 37.7. The Labute approximate surface area is 167 Å². The molecule has 0 saturated heterocycles. The fraction of sp³-hybridized carbons (Fsp3) is 0.167. The molecule has 0 saturated carbocycles. The van der Waals surface area contributed by atoms with Gasteiger partial charge in [-0.1, -0.05) is 6.07 Å². The number of tetrazole rings is 1. The molecule has 3 aromatic rings. The third-order valence-corrected chi connectivity index (χ3v) is 4.19. The molecule has 156 valence electrons. The first kappa shape index (κ1) is 20.6. The summed E-state index contributed by atoms with van der Waals surface area (Å²) in [7, 11) is 1.27. The van der Waals surface area contributed by atoms with E-state index in [1.54, 1.807) is 6.92 Å². The molecule has 30 heavy (non-hydrogen) atoms. The van der Waals surface area contributed by atoms with E-state index in [1.165, 1.54) is 25.3 Å². The van der Waals surface area contributed by atoms with Gasteiger partial charge < -0.3 is 9.84 Å². The van der Waals surface area contributed by atoms with E-state index in [-0.39, 0.29) is 23.5 Å². The van der Waals surface area contributed by atoms with Gasteiger partial charge in [0.15, 0.2) is 11.6 Å². The van der Waals surface area contributed by atoms with Gasteiger partial charge in [0.05, 0.1) is 7.11 Å². The molecular formula is C18H15F2N5O5. The first-order valence-corrected chi connectivity index (χ1v) is 8.52. The number of hydrogen-bond acceptors (Lipinski definition) is 6. The van der Waals surface area contributed by atoms with Crippen LogP contribution in [0.1, 0.15) is 17.3 Å². The number of halogens is 2. The number of carbonyl (C=O) groups excluding carboxylic acids is 1. The second kappa shape index (κ2) is 8.11. The van der Waals surface area contributed by atoms with Crippen molar-refractivity contribution < 1.29 is 28.2 Å². The molecule has 0 bridgehead atoms. The lowest BCUT2D eigenvalue weighted by molar-refractivity contribution is 0.0693. The molecule has 0 spiro atoms. The van der Waals surface area contributed by atoms with Crippen molar-refractivity contribution in [2.75, 3.05) is 18.6 Å². The van der Waals surface area contributed by atoms with Gasteiger partial charge in [0, 0.05) is 18.3 Å². The number of hydrogen-bond donors (Lipinski definition) is 1. The van der Waals surface area contributed by atoms with Crippen molar-refractivity contribution in [3.63, 3.8) is 0 Å². The van der Waals surface area contributed by atoms with E-state index < -0.39 is 35.0 Å². The van der Waals surface area contributed by atoms with Crippen LogP contribution in [0.2, 0.25) is 0 Å². The van der Waals surface area contributed by atoms with Crippen LogP contribution in [-0.4, -0.2) is 50.6 Å². The number of carboxylic acids is 1. The van der Waals surface area contributed by atoms with Crippen molar-refractivity contribution >= 4 is 17.7 Å². The minimum atomic E-state index is -1.22. The van der Waals surface area contributed by atoms with Crippen LogP contribution in [0.4, 0.5) is 19.3 Å². The predicted molar refractivity (Wildman–Crippen MR) is 99.3 cm³/mol. The van der Waals surface area contributed by atoms with Crippen LogP contribution < -0.4 is 15.3 Å². The van der Waals surface area contributed by atoms with Gasteiger partial charge in [-0.2, -0.15) is 4.68 Å². The zero-order valence-electron chi connectivity index (χ0n) is 15.7. The highest BCUT2D eigenvalue weighted by molar-refractivity contribution is 5.95. The number of carbonyl (C=O) groups is 2. The summed E-state index contributed by atoms with van der Waals surface area (Å²) in [6, 6.07) is 5.90. The largest absolute Gasteiger partial charge is 0.496 e. The minimum Gasteiger partial charge on any atom is -0.496 e. The quantitative estimate of drug-likeness (QED) is 0.628. The highest BCUT2D eigenvalue weighted by Crippen LogP contribution is 2.26. The summed E-state index contributed by atoms with van der Waals surface area (Å²) in [5.74, 6) is -3.34. The summed E-state index contributed by atoms with van der Waals surface area (Å²) in [6.07, 6.45) is 0. The normalized spacial score (nSPS) is 10.7. The average molecular weight is 419 g/mol. The molecule has 1 heterocycles. The van der Waals surface area contributed by atoms with Crippen LogP contribution >= 0.6 is 0 Å². The van der Waals surface area contributed by atoms with Crippen LogP contribution in [-0.2, 0) is 0 Å². The molecule has 1 aromatic heterocycles. The molecule has 0 aliphatic rings. The van der Waals surface area contributed by atoms with Gasteiger partial charge in [0.2, 0.25) is 0 Å². The minimum absolute atomic E-state index is 0.00400. The fourth-order valence-corrected chi connectivity index (χ4v) is 2.77. The number of ether oxygens (including phenoxy) is 1. The number of para-hydroxylation sites is 1. The van der Waals surface area contributed by atoms with Crippen molar-refractivity contribution in [1.82, 2.24) is 19.8 Å². The first-order chi connectivity index (χ1) is 14.3. The Morgan fingerprint density at radius 3 is 2.40 bits per heavy atom. The number of amides is 1. The number of rotatable bonds is 5. The summed E-state index contributed by atoms with van der Waals surface area (Å²) in [5, 5.41) is 16.0. The van der Waals surface area contributed by atoms with E-state index in [4.69, 9.17) is 4.74 Å². The fourth-order valence-electron chi connectivity index (χ4n) is 2.77. The lowest BCUT2D eigenvalue weighted by Crippen LogP contribution is -2.41. The molecule has 0 atom stereocenters. The Morgan fingerprint density at radius 2 is 1.83 bits per heavy atom. The van der Waals surface area contributed by atoms with Crippen molar-refractivity contribution in [3.8, 4) is 11.4 Å². The standard InChI is InChI=1S/C18H15F2N5O5/c1-3-23(10-7-8-11(16(26)27)14(9-10)30-2)17(28)25-18(29)24(21-22-25)15-12(19)5-4-6-13(15)20/h4-9H,3H2,1-2H3,(H,26,27). The van der Waals surface area contributed by atoms with Gasteiger partial charge >= 0.3 is 17.7 Å². The van der Waals surface area contributed by atoms with E-state index in [2.05, 4.69) is 10.4 Å². The molecule has 10 nitrogen and oxygen atoms in total. The second-order valence-corrected chi connectivity index (χ2v) is 5.87. The lowest BCUT2D eigenvalue weighted by atomic mass is 10.1. The van der Waals surface area contributed by atoms with E-state index >= 15 is 0 Å². The molecule has 1 N–H and O–H groups in total. The molecule has 0 aliphatic heterocycles. The molecule has 1 amide bonds. The Kier molecular flexibility index (Phi) is 5.58. The third kappa shape index (κ3) is 3.50. The lowest BCUT2D eigenvalue weighted by Gasteiger charge is -2.20. The molecule has 12 heteroatoms. The van der Waals surface area contributed by atoms with Gasteiger partial charge in [0.25, 0.3) is 0 Å². The molecule has 0 fully saturated rings. The SMILES string of the molecule is CCN(C(=O)n1nnn(-c2c(F)cccc2F)c1=O)c1ccc(C(=O)O)c(OC)c1. The summed E-state index contributed by atoms with van der Waals surface area (Å²) in [6.45, 7) is 1.66. The number of anilines is 1. The molecule has 2 aromatic carbocycles. The van der Waals surface area contributed by atoms with Crippen LogP contribution in [0.25, 0.3) is 5.69 Å². The number of nitrogens with zero attached hydrogens (tertiary/aromatic N) is 5. The number of carboxylic acid groups (broad SMARTS) is 1. The van der Waals surface area contributed by atoms with Crippen LogP contribution in [0.5, 0.6) is 5.75 Å². The summed E-state index contributed by atoms with van der Waals surface area (Å²) >= 11 is 0. The zero-order valence-corrected chi connectivity index (χ0v) is 15.7. The van der Waals surface area contributed by atoms with E-state index in [9.17, 15) is 28.3 Å². The number of methoxy groups -OCH3 is 1. The van der Waals surface area contributed by atoms with Gasteiger partial charge in [-0.05, 0) is 41.6 Å². The topological polar surface area (TPSA) is 120 Å². The predicted octanol–water partition coefficient (Wildman–Crippen LogP) is 1.91. The number of benzene rings is 2.